The van der Waals surface area contributed by atoms with Crippen LogP contribution in [0.3, 0.4) is 0 Å². The van der Waals surface area contributed by atoms with Crippen LogP contribution in [0.5, 0.6) is 11.5 Å². The molecule has 0 heterocycles. The molecule has 15 heavy (non-hydrogen) atoms. The molecule has 1 N–H and O–H groups in total. The predicted octanol–water partition coefficient (Wildman–Crippen LogP) is 3.46. The summed E-state index contributed by atoms with van der Waals surface area (Å²) in [6.07, 6.45) is 0. The third kappa shape index (κ3) is 1.79. The molecular formula is C13H12O2. The minimum atomic E-state index is 0.226. The summed E-state index contributed by atoms with van der Waals surface area (Å²) in [5.41, 5.74) is 0. The highest BCUT2D eigenvalue weighted by molar-refractivity contribution is 5.93. The lowest BCUT2D eigenvalue weighted by Gasteiger charge is -2.09. The monoisotopic (exact) mass is 200 g/mol. The fraction of sp³-hybridized carbons (Fsp3) is 0.0769. The van der Waals surface area contributed by atoms with Crippen LogP contribution in [-0.4, -0.2) is 5.11 Å². The molecule has 2 aromatic carbocycles. The van der Waals surface area contributed by atoms with Crippen LogP contribution >= 0.6 is 0 Å². The Morgan fingerprint density at radius 2 is 1.87 bits per heavy atom. The zero-order valence-corrected chi connectivity index (χ0v) is 8.53. The molecule has 2 aromatic rings. The van der Waals surface area contributed by atoms with E-state index in [-0.39, 0.29) is 5.75 Å². The minimum absolute atomic E-state index is 0.226. The first-order valence-electron chi connectivity index (χ1n) is 4.72. The number of ether oxygens (including phenoxy) is 1. The van der Waals surface area contributed by atoms with E-state index in [4.69, 9.17) is 4.74 Å². The molecule has 0 unspecified atom stereocenters. The summed E-state index contributed by atoms with van der Waals surface area (Å²) in [6, 6.07) is 11.0. The van der Waals surface area contributed by atoms with Gasteiger partial charge in [-0.05, 0) is 24.4 Å². The third-order valence-corrected chi connectivity index (χ3v) is 2.13. The average Bonchev–Trinajstić information content (AvgIpc) is 2.17. The second-order valence-electron chi connectivity index (χ2n) is 3.44. The highest BCUT2D eigenvalue weighted by Crippen LogP contribution is 2.33. The Balaban J connectivity index is 2.68. The molecule has 2 heteroatoms. The second kappa shape index (κ2) is 3.65. The zero-order chi connectivity index (χ0) is 10.8. The number of rotatable bonds is 2. The van der Waals surface area contributed by atoms with Gasteiger partial charge in [0.15, 0.2) is 0 Å². The molecule has 0 saturated heterocycles. The van der Waals surface area contributed by atoms with Crippen molar-refractivity contribution >= 4 is 10.8 Å². The first-order valence-corrected chi connectivity index (χ1v) is 4.72. The molecule has 0 amide bonds. The summed E-state index contributed by atoms with van der Waals surface area (Å²) in [5.74, 6) is 1.47. The van der Waals surface area contributed by atoms with Gasteiger partial charge in [-0.3, -0.25) is 0 Å². The van der Waals surface area contributed by atoms with Gasteiger partial charge in [0.25, 0.3) is 0 Å². The summed E-state index contributed by atoms with van der Waals surface area (Å²) < 4.78 is 5.45. The van der Waals surface area contributed by atoms with E-state index in [0.717, 1.165) is 10.8 Å². The number of phenols is 1. The van der Waals surface area contributed by atoms with Crippen molar-refractivity contribution in [2.24, 2.45) is 0 Å². The summed E-state index contributed by atoms with van der Waals surface area (Å²) in [6.45, 7) is 5.46. The number of phenolic OH excluding ortho intramolecular Hbond substituents is 1. The molecule has 2 rings (SSSR count). The normalized spacial score (nSPS) is 10.2. The fourth-order valence-electron chi connectivity index (χ4n) is 1.56. The van der Waals surface area contributed by atoms with Gasteiger partial charge in [0, 0.05) is 0 Å². The van der Waals surface area contributed by atoms with E-state index in [0.29, 0.717) is 11.5 Å². The SMILES string of the molecule is C=C(C)Oc1cccc2cccc(O)c12. The van der Waals surface area contributed by atoms with E-state index in [9.17, 15) is 5.11 Å². The van der Waals surface area contributed by atoms with E-state index in [1.54, 1.807) is 13.0 Å². The predicted molar refractivity (Wildman–Crippen MR) is 61.1 cm³/mol. The number of hydrogen-bond donors (Lipinski definition) is 1. The van der Waals surface area contributed by atoms with Crippen LogP contribution in [0.4, 0.5) is 0 Å². The van der Waals surface area contributed by atoms with Crippen LogP contribution in [0.2, 0.25) is 0 Å². The van der Waals surface area contributed by atoms with Crippen molar-refractivity contribution < 1.29 is 9.84 Å². The number of benzene rings is 2. The lowest BCUT2D eigenvalue weighted by Crippen LogP contribution is -1.89. The molecule has 0 spiro atoms. The Labute approximate surface area is 88.4 Å². The Bertz CT molecular complexity index is 510. The Morgan fingerprint density at radius 1 is 1.20 bits per heavy atom. The maximum atomic E-state index is 9.76. The van der Waals surface area contributed by atoms with Crippen molar-refractivity contribution in [2.75, 3.05) is 0 Å². The van der Waals surface area contributed by atoms with Crippen LogP contribution in [0.15, 0.2) is 48.7 Å². The molecule has 0 aliphatic rings. The van der Waals surface area contributed by atoms with Crippen LogP contribution < -0.4 is 4.74 Å². The lowest BCUT2D eigenvalue weighted by molar-refractivity contribution is 0.431. The summed E-state index contributed by atoms with van der Waals surface area (Å²) in [7, 11) is 0. The molecule has 76 valence electrons. The van der Waals surface area contributed by atoms with Gasteiger partial charge in [-0.25, -0.2) is 0 Å². The van der Waals surface area contributed by atoms with E-state index < -0.39 is 0 Å². The molecule has 0 aliphatic heterocycles. The van der Waals surface area contributed by atoms with Gasteiger partial charge in [-0.15, -0.1) is 0 Å². The van der Waals surface area contributed by atoms with E-state index in [1.165, 1.54) is 0 Å². The molecule has 0 radical (unpaired) electrons. The van der Waals surface area contributed by atoms with Gasteiger partial charge in [0.2, 0.25) is 0 Å². The van der Waals surface area contributed by atoms with E-state index in [1.807, 2.05) is 30.3 Å². The van der Waals surface area contributed by atoms with Gasteiger partial charge in [-0.1, -0.05) is 30.8 Å². The molecule has 0 aromatic heterocycles. The Hall–Kier alpha value is -1.96. The molecule has 0 atom stereocenters. The molecular weight excluding hydrogens is 188 g/mol. The Morgan fingerprint density at radius 3 is 2.53 bits per heavy atom. The molecule has 0 fully saturated rings. The molecule has 0 saturated carbocycles. The smallest absolute Gasteiger partial charge is 0.138 e. The van der Waals surface area contributed by atoms with Crippen molar-refractivity contribution in [1.82, 2.24) is 0 Å². The average molecular weight is 200 g/mol. The molecule has 0 aliphatic carbocycles. The topological polar surface area (TPSA) is 29.5 Å². The Kier molecular flexibility index (Phi) is 2.34. The summed E-state index contributed by atoms with van der Waals surface area (Å²) in [5, 5.41) is 11.4. The number of allylic oxidation sites excluding steroid dienone is 1. The quantitative estimate of drug-likeness (QED) is 0.752. The fourth-order valence-corrected chi connectivity index (χ4v) is 1.56. The van der Waals surface area contributed by atoms with Gasteiger partial charge >= 0.3 is 0 Å². The van der Waals surface area contributed by atoms with Crippen molar-refractivity contribution in [3.8, 4) is 11.5 Å². The standard InChI is InChI=1S/C13H12O2/c1-9(2)15-12-8-4-6-10-5-3-7-11(14)13(10)12/h3-8,14H,1H2,2H3. The largest absolute Gasteiger partial charge is 0.507 e. The lowest BCUT2D eigenvalue weighted by atomic mass is 10.1. The van der Waals surface area contributed by atoms with E-state index in [2.05, 4.69) is 6.58 Å². The summed E-state index contributed by atoms with van der Waals surface area (Å²) >= 11 is 0. The first kappa shape index (κ1) is 9.59. The minimum Gasteiger partial charge on any atom is -0.507 e. The van der Waals surface area contributed by atoms with Crippen LogP contribution in [0.1, 0.15) is 6.92 Å². The number of fused-ring (bicyclic) bond motifs is 1. The maximum absolute atomic E-state index is 9.76. The first-order chi connectivity index (χ1) is 7.18. The van der Waals surface area contributed by atoms with Crippen molar-refractivity contribution in [1.29, 1.82) is 0 Å². The second-order valence-corrected chi connectivity index (χ2v) is 3.44. The van der Waals surface area contributed by atoms with E-state index >= 15 is 0 Å². The molecule has 2 nitrogen and oxygen atoms in total. The van der Waals surface area contributed by atoms with Gasteiger partial charge in [0.1, 0.15) is 11.5 Å². The summed E-state index contributed by atoms with van der Waals surface area (Å²) in [4.78, 5) is 0. The van der Waals surface area contributed by atoms with Crippen molar-refractivity contribution in [3.63, 3.8) is 0 Å². The number of hydrogen-bond acceptors (Lipinski definition) is 2. The van der Waals surface area contributed by atoms with Crippen molar-refractivity contribution in [3.05, 3.63) is 48.7 Å². The van der Waals surface area contributed by atoms with Crippen LogP contribution in [0.25, 0.3) is 10.8 Å². The third-order valence-electron chi connectivity index (χ3n) is 2.13. The zero-order valence-electron chi connectivity index (χ0n) is 8.53. The van der Waals surface area contributed by atoms with Gasteiger partial charge in [0.05, 0.1) is 11.1 Å². The van der Waals surface area contributed by atoms with Gasteiger partial charge in [-0.2, -0.15) is 0 Å². The highest BCUT2D eigenvalue weighted by atomic mass is 16.5. The highest BCUT2D eigenvalue weighted by Gasteiger charge is 2.06. The maximum Gasteiger partial charge on any atom is 0.138 e. The van der Waals surface area contributed by atoms with Crippen molar-refractivity contribution in [2.45, 2.75) is 6.92 Å². The van der Waals surface area contributed by atoms with Crippen LogP contribution in [-0.2, 0) is 0 Å². The number of aromatic hydroxyl groups is 1. The van der Waals surface area contributed by atoms with Crippen LogP contribution in [0, 0.1) is 0 Å². The molecule has 0 bridgehead atoms. The van der Waals surface area contributed by atoms with Gasteiger partial charge < -0.3 is 9.84 Å².